The van der Waals surface area contributed by atoms with Crippen molar-refractivity contribution < 1.29 is 0 Å². The fraction of sp³-hybridized carbons (Fsp3) is 0. The number of benzene rings is 7. The van der Waals surface area contributed by atoms with Crippen LogP contribution in [0.1, 0.15) is 5.56 Å². The zero-order chi connectivity index (χ0) is 37.4. The van der Waals surface area contributed by atoms with E-state index in [-0.39, 0.29) is 0 Å². The Balaban J connectivity index is 1.11. The van der Waals surface area contributed by atoms with E-state index in [0.29, 0.717) is 23.0 Å². The second-order valence-electron chi connectivity index (χ2n) is 13.7. The van der Waals surface area contributed by atoms with Crippen molar-refractivity contribution >= 4 is 32.4 Å². The molecule has 0 bridgehead atoms. The molecule has 0 aliphatic heterocycles. The molecule has 6 nitrogen and oxygen atoms in total. The molecule has 0 fully saturated rings. The predicted molar refractivity (Wildman–Crippen MR) is 225 cm³/mol. The van der Waals surface area contributed by atoms with E-state index in [9.17, 15) is 5.26 Å². The Kier molecular flexibility index (Phi) is 8.09. The third-order valence-corrected chi connectivity index (χ3v) is 10.2. The van der Waals surface area contributed by atoms with Crippen LogP contribution in [0.15, 0.2) is 182 Å². The van der Waals surface area contributed by atoms with Crippen molar-refractivity contribution in [2.45, 2.75) is 0 Å². The first-order valence-corrected chi connectivity index (χ1v) is 18.4. The quantitative estimate of drug-likeness (QED) is 0.159. The van der Waals surface area contributed by atoms with Crippen molar-refractivity contribution in [3.8, 4) is 73.6 Å². The van der Waals surface area contributed by atoms with E-state index in [1.165, 1.54) is 0 Å². The first-order chi connectivity index (χ1) is 27.7. The lowest BCUT2D eigenvalue weighted by Crippen LogP contribution is -2.00. The molecule has 0 saturated carbocycles. The van der Waals surface area contributed by atoms with Gasteiger partial charge in [-0.05, 0) is 80.7 Å². The lowest BCUT2D eigenvalue weighted by atomic mass is 9.89. The fourth-order valence-corrected chi connectivity index (χ4v) is 7.56. The Labute approximate surface area is 323 Å². The molecule has 0 unspecified atom stereocenters. The van der Waals surface area contributed by atoms with Gasteiger partial charge < -0.3 is 0 Å². The Morgan fingerprint density at radius 3 is 1.68 bits per heavy atom. The topological polar surface area (TPSA) is 88.2 Å². The standard InChI is InChI=1S/C50H30N6/c51-29-32-12-9-18-36(24-32)44-28-45-41-21-8-7-20-40(41)43(27-46(45)42-22-11-23-53-47(42)44)39-26-38(30-52-31-39)35-17-10-19-37(25-35)50-55-48(33-13-3-1-4-14-33)54-49(56-50)34-15-5-2-6-16-34/h1-28,30-31H. The molecule has 0 amide bonds. The lowest BCUT2D eigenvalue weighted by Gasteiger charge is -2.16. The molecule has 0 aliphatic rings. The highest BCUT2D eigenvalue weighted by atomic mass is 15.0. The van der Waals surface area contributed by atoms with Crippen LogP contribution in [0.5, 0.6) is 0 Å². The minimum atomic E-state index is 0.600. The van der Waals surface area contributed by atoms with Crippen molar-refractivity contribution in [2.75, 3.05) is 0 Å². The highest BCUT2D eigenvalue weighted by Gasteiger charge is 2.17. The Bertz CT molecular complexity index is 3090. The molecule has 0 aliphatic carbocycles. The molecule has 7 aromatic carbocycles. The number of rotatable bonds is 6. The van der Waals surface area contributed by atoms with Gasteiger partial charge in [-0.3, -0.25) is 9.97 Å². The summed E-state index contributed by atoms with van der Waals surface area (Å²) in [5.74, 6) is 1.85. The smallest absolute Gasteiger partial charge is 0.164 e. The van der Waals surface area contributed by atoms with Gasteiger partial charge in [0.15, 0.2) is 17.5 Å². The van der Waals surface area contributed by atoms with Crippen LogP contribution < -0.4 is 0 Å². The molecule has 0 atom stereocenters. The van der Waals surface area contributed by atoms with Crippen LogP contribution in [0, 0.1) is 11.3 Å². The maximum absolute atomic E-state index is 9.65. The van der Waals surface area contributed by atoms with E-state index in [2.05, 4.69) is 66.7 Å². The summed E-state index contributed by atoms with van der Waals surface area (Å²) in [6.45, 7) is 0. The predicted octanol–water partition coefficient (Wildman–Crippen LogP) is 12.0. The third kappa shape index (κ3) is 5.90. The van der Waals surface area contributed by atoms with E-state index in [4.69, 9.17) is 24.9 Å². The maximum Gasteiger partial charge on any atom is 0.164 e. The van der Waals surface area contributed by atoms with Gasteiger partial charge in [0.1, 0.15) is 0 Å². The average molecular weight is 715 g/mol. The molecule has 10 rings (SSSR count). The zero-order valence-corrected chi connectivity index (χ0v) is 30.0. The number of nitrogens with zero attached hydrogens (tertiary/aromatic N) is 6. The average Bonchev–Trinajstić information content (AvgIpc) is 3.29. The van der Waals surface area contributed by atoms with Crippen LogP contribution in [0.4, 0.5) is 0 Å². The number of aromatic nitrogens is 5. The van der Waals surface area contributed by atoms with Gasteiger partial charge in [-0.15, -0.1) is 0 Å². The van der Waals surface area contributed by atoms with Crippen LogP contribution in [0.25, 0.3) is 100.0 Å². The maximum atomic E-state index is 9.65. The zero-order valence-electron chi connectivity index (χ0n) is 30.0. The molecule has 6 heteroatoms. The second-order valence-corrected chi connectivity index (χ2v) is 13.7. The highest BCUT2D eigenvalue weighted by molar-refractivity contribution is 6.23. The SMILES string of the molecule is N#Cc1cccc(-c2cc3c4ccccc4c(-c4cncc(-c5cccc(-c6nc(-c7ccccc7)nc(-c7ccccc7)n6)c5)c4)cc3c3cccnc23)c1. The molecule has 0 spiro atoms. The van der Waals surface area contributed by atoms with Crippen LogP contribution >= 0.6 is 0 Å². The summed E-state index contributed by atoms with van der Waals surface area (Å²) in [5, 5.41) is 15.2. The number of nitriles is 1. The van der Waals surface area contributed by atoms with Crippen molar-refractivity contribution in [3.05, 3.63) is 188 Å². The van der Waals surface area contributed by atoms with Gasteiger partial charge in [-0.25, -0.2) is 15.0 Å². The van der Waals surface area contributed by atoms with E-state index in [1.807, 2.05) is 122 Å². The number of hydrogen-bond acceptors (Lipinski definition) is 6. The van der Waals surface area contributed by atoms with Gasteiger partial charge in [0.2, 0.25) is 0 Å². The summed E-state index contributed by atoms with van der Waals surface area (Å²) < 4.78 is 0. The summed E-state index contributed by atoms with van der Waals surface area (Å²) in [6, 6.07) is 57.7. The molecule has 260 valence electrons. The van der Waals surface area contributed by atoms with Crippen LogP contribution in [0.3, 0.4) is 0 Å². The van der Waals surface area contributed by atoms with Crippen molar-refractivity contribution in [2.24, 2.45) is 0 Å². The van der Waals surface area contributed by atoms with Gasteiger partial charge in [-0.2, -0.15) is 5.26 Å². The summed E-state index contributed by atoms with van der Waals surface area (Å²) in [5.41, 5.74) is 10.3. The van der Waals surface area contributed by atoms with Gasteiger partial charge in [0.05, 0.1) is 17.1 Å². The van der Waals surface area contributed by atoms with E-state index >= 15 is 0 Å². The number of hydrogen-bond donors (Lipinski definition) is 0. The summed E-state index contributed by atoms with van der Waals surface area (Å²) in [4.78, 5) is 24.5. The van der Waals surface area contributed by atoms with Crippen LogP contribution in [-0.4, -0.2) is 24.9 Å². The second kappa shape index (κ2) is 13.8. The molecule has 3 aromatic heterocycles. The monoisotopic (exact) mass is 714 g/mol. The van der Waals surface area contributed by atoms with Crippen molar-refractivity contribution in [1.29, 1.82) is 5.26 Å². The largest absolute Gasteiger partial charge is 0.263 e. The first-order valence-electron chi connectivity index (χ1n) is 18.4. The van der Waals surface area contributed by atoms with Gasteiger partial charge >= 0.3 is 0 Å². The molecule has 10 aromatic rings. The van der Waals surface area contributed by atoms with Crippen LogP contribution in [-0.2, 0) is 0 Å². The molecule has 3 heterocycles. The first kappa shape index (κ1) is 32.7. The van der Waals surface area contributed by atoms with E-state index < -0.39 is 0 Å². The Morgan fingerprint density at radius 2 is 0.929 bits per heavy atom. The Hall–Kier alpha value is -7.88. The van der Waals surface area contributed by atoms with Crippen molar-refractivity contribution in [1.82, 2.24) is 24.9 Å². The number of fused-ring (bicyclic) bond motifs is 5. The van der Waals surface area contributed by atoms with Crippen molar-refractivity contribution in [3.63, 3.8) is 0 Å². The molecule has 0 saturated heterocycles. The minimum absolute atomic E-state index is 0.600. The van der Waals surface area contributed by atoms with Crippen LogP contribution in [0.2, 0.25) is 0 Å². The van der Waals surface area contributed by atoms with Gasteiger partial charge in [-0.1, -0.05) is 121 Å². The molecular weight excluding hydrogens is 685 g/mol. The van der Waals surface area contributed by atoms with Gasteiger partial charge in [0, 0.05) is 57.4 Å². The molecule has 0 radical (unpaired) electrons. The van der Waals surface area contributed by atoms with E-state index in [0.717, 1.165) is 82.5 Å². The highest BCUT2D eigenvalue weighted by Crippen LogP contribution is 2.42. The molecule has 56 heavy (non-hydrogen) atoms. The van der Waals surface area contributed by atoms with Gasteiger partial charge in [0.25, 0.3) is 0 Å². The fourth-order valence-electron chi connectivity index (χ4n) is 7.56. The lowest BCUT2D eigenvalue weighted by molar-refractivity contribution is 1.07. The summed E-state index contributed by atoms with van der Waals surface area (Å²) in [6.07, 6.45) is 5.68. The third-order valence-electron chi connectivity index (χ3n) is 10.2. The summed E-state index contributed by atoms with van der Waals surface area (Å²) >= 11 is 0. The number of pyridine rings is 2. The molecule has 0 N–H and O–H groups in total. The van der Waals surface area contributed by atoms with E-state index in [1.54, 1.807) is 0 Å². The molecular formula is C50H30N6. The summed E-state index contributed by atoms with van der Waals surface area (Å²) in [7, 11) is 0. The minimum Gasteiger partial charge on any atom is -0.263 e. The normalized spacial score (nSPS) is 11.2. The Morgan fingerprint density at radius 1 is 0.375 bits per heavy atom.